The summed E-state index contributed by atoms with van der Waals surface area (Å²) in [4.78, 5) is 0. The Kier molecular flexibility index (Phi) is 27.9. The van der Waals surface area contributed by atoms with Gasteiger partial charge in [-0.25, -0.2) is 0 Å². The second-order valence-corrected chi connectivity index (χ2v) is 9.39. The average Bonchev–Trinajstić information content (AvgIpc) is 2.74. The lowest BCUT2D eigenvalue weighted by molar-refractivity contribution is 0.125. The zero-order valence-electron chi connectivity index (χ0n) is 20.8. The Balaban J connectivity index is 2.97. The highest BCUT2D eigenvalue weighted by Crippen LogP contribution is 2.13. The summed E-state index contributed by atoms with van der Waals surface area (Å²) in [6, 6.07) is 0. The molecule has 0 fully saturated rings. The molecular formula is C28H58O. The van der Waals surface area contributed by atoms with Crippen molar-refractivity contribution in [1.29, 1.82) is 0 Å². The number of hydrogen-bond acceptors (Lipinski definition) is 1. The summed E-state index contributed by atoms with van der Waals surface area (Å²) in [5.41, 5.74) is 0. The lowest BCUT2D eigenvalue weighted by Gasteiger charge is -2.05. The monoisotopic (exact) mass is 410 g/mol. The summed E-state index contributed by atoms with van der Waals surface area (Å²) in [6.07, 6.45) is 34.1. The number of ether oxygens (including phenoxy) is 1. The van der Waals surface area contributed by atoms with Crippen LogP contribution in [0.2, 0.25) is 0 Å². The second kappa shape index (κ2) is 28.0. The van der Waals surface area contributed by atoms with Crippen LogP contribution in [0.1, 0.15) is 168 Å². The van der Waals surface area contributed by atoms with Crippen molar-refractivity contribution < 1.29 is 4.74 Å². The van der Waals surface area contributed by atoms with Crippen LogP contribution in [-0.2, 0) is 4.74 Å². The molecule has 29 heavy (non-hydrogen) atoms. The van der Waals surface area contributed by atoms with E-state index in [4.69, 9.17) is 4.74 Å². The number of unbranched alkanes of at least 4 members (excludes halogenated alkanes) is 22. The van der Waals surface area contributed by atoms with Gasteiger partial charge in [0, 0.05) is 13.2 Å². The summed E-state index contributed by atoms with van der Waals surface area (Å²) >= 11 is 0. The van der Waals surface area contributed by atoms with Gasteiger partial charge in [-0.2, -0.15) is 0 Å². The minimum absolute atomic E-state index is 0.995. The first-order chi connectivity index (χ1) is 14.4. The summed E-state index contributed by atoms with van der Waals surface area (Å²) in [5, 5.41) is 0. The van der Waals surface area contributed by atoms with E-state index in [0.29, 0.717) is 0 Å². The third-order valence-electron chi connectivity index (χ3n) is 6.28. The van der Waals surface area contributed by atoms with E-state index in [1.54, 1.807) is 0 Å². The van der Waals surface area contributed by atoms with E-state index >= 15 is 0 Å². The molecule has 1 nitrogen and oxygen atoms in total. The molecule has 0 rings (SSSR count). The summed E-state index contributed by atoms with van der Waals surface area (Å²) < 4.78 is 5.82. The third kappa shape index (κ3) is 28.0. The molecular weight excluding hydrogens is 352 g/mol. The predicted octanol–water partition coefficient (Wildman–Crippen LogP) is 10.4. The fourth-order valence-corrected chi connectivity index (χ4v) is 4.19. The predicted molar refractivity (Wildman–Crippen MR) is 133 cm³/mol. The van der Waals surface area contributed by atoms with Crippen LogP contribution in [0.4, 0.5) is 0 Å². The smallest absolute Gasteiger partial charge is 0.0466 e. The van der Waals surface area contributed by atoms with E-state index in [0.717, 1.165) is 13.2 Å². The quantitative estimate of drug-likeness (QED) is 0.129. The van der Waals surface area contributed by atoms with E-state index in [-0.39, 0.29) is 0 Å². The Morgan fingerprint density at radius 3 is 0.724 bits per heavy atom. The second-order valence-electron chi connectivity index (χ2n) is 9.39. The van der Waals surface area contributed by atoms with Crippen LogP contribution in [-0.4, -0.2) is 13.2 Å². The fourth-order valence-electron chi connectivity index (χ4n) is 4.19. The highest BCUT2D eigenvalue weighted by atomic mass is 16.5. The van der Waals surface area contributed by atoms with Crippen LogP contribution in [0, 0.1) is 0 Å². The summed E-state index contributed by atoms with van der Waals surface area (Å²) in [7, 11) is 0. The van der Waals surface area contributed by atoms with Gasteiger partial charge in [-0.15, -0.1) is 0 Å². The van der Waals surface area contributed by atoms with Gasteiger partial charge in [-0.3, -0.25) is 0 Å². The molecule has 0 heterocycles. The van der Waals surface area contributed by atoms with Crippen LogP contribution >= 0.6 is 0 Å². The molecule has 0 bridgehead atoms. The molecule has 0 aliphatic rings. The molecule has 0 unspecified atom stereocenters. The van der Waals surface area contributed by atoms with E-state index in [9.17, 15) is 0 Å². The fraction of sp³-hybridized carbons (Fsp3) is 1.00. The standard InChI is InChI=1S/C28H58O/c1-3-5-7-9-11-13-15-16-18-20-22-24-26-28-29-27-25-23-21-19-17-14-12-10-8-6-4-2/h3-28H2,1-2H3. The maximum absolute atomic E-state index is 5.82. The first kappa shape index (κ1) is 29.0. The molecule has 0 aliphatic carbocycles. The van der Waals surface area contributed by atoms with Crippen LogP contribution in [0.3, 0.4) is 0 Å². The van der Waals surface area contributed by atoms with E-state index < -0.39 is 0 Å². The van der Waals surface area contributed by atoms with Gasteiger partial charge in [-0.05, 0) is 12.8 Å². The molecule has 0 saturated carbocycles. The van der Waals surface area contributed by atoms with E-state index in [1.165, 1.54) is 154 Å². The molecule has 0 saturated heterocycles. The minimum atomic E-state index is 0.995. The molecule has 0 aliphatic heterocycles. The Morgan fingerprint density at radius 2 is 0.483 bits per heavy atom. The van der Waals surface area contributed by atoms with Crippen molar-refractivity contribution in [3.05, 3.63) is 0 Å². The van der Waals surface area contributed by atoms with Crippen molar-refractivity contribution in [2.75, 3.05) is 13.2 Å². The van der Waals surface area contributed by atoms with E-state index in [1.807, 2.05) is 0 Å². The maximum Gasteiger partial charge on any atom is 0.0466 e. The third-order valence-corrected chi connectivity index (χ3v) is 6.28. The van der Waals surface area contributed by atoms with Gasteiger partial charge in [0.15, 0.2) is 0 Å². The maximum atomic E-state index is 5.82. The molecule has 0 atom stereocenters. The Morgan fingerprint density at radius 1 is 0.276 bits per heavy atom. The average molecular weight is 411 g/mol. The first-order valence-corrected chi connectivity index (χ1v) is 14.0. The number of rotatable bonds is 26. The van der Waals surface area contributed by atoms with Crippen LogP contribution in [0.5, 0.6) is 0 Å². The van der Waals surface area contributed by atoms with Gasteiger partial charge in [0.1, 0.15) is 0 Å². The van der Waals surface area contributed by atoms with Crippen molar-refractivity contribution in [3.8, 4) is 0 Å². The topological polar surface area (TPSA) is 9.23 Å². The molecule has 0 amide bonds. The Labute approximate surface area is 186 Å². The van der Waals surface area contributed by atoms with Gasteiger partial charge < -0.3 is 4.74 Å². The van der Waals surface area contributed by atoms with Gasteiger partial charge in [0.05, 0.1) is 0 Å². The van der Waals surface area contributed by atoms with Gasteiger partial charge in [-0.1, -0.05) is 155 Å². The van der Waals surface area contributed by atoms with Crippen molar-refractivity contribution in [2.45, 2.75) is 168 Å². The van der Waals surface area contributed by atoms with Crippen molar-refractivity contribution in [1.82, 2.24) is 0 Å². The van der Waals surface area contributed by atoms with Gasteiger partial charge in [0.2, 0.25) is 0 Å². The largest absolute Gasteiger partial charge is 0.381 e. The van der Waals surface area contributed by atoms with Crippen molar-refractivity contribution in [3.63, 3.8) is 0 Å². The molecule has 0 spiro atoms. The Hall–Kier alpha value is -0.0400. The van der Waals surface area contributed by atoms with Crippen LogP contribution in [0.25, 0.3) is 0 Å². The lowest BCUT2D eigenvalue weighted by atomic mass is 10.0. The zero-order chi connectivity index (χ0) is 21.1. The van der Waals surface area contributed by atoms with Crippen molar-refractivity contribution >= 4 is 0 Å². The molecule has 176 valence electrons. The van der Waals surface area contributed by atoms with E-state index in [2.05, 4.69) is 13.8 Å². The molecule has 0 N–H and O–H groups in total. The molecule has 0 radical (unpaired) electrons. The highest BCUT2D eigenvalue weighted by molar-refractivity contribution is 4.50. The first-order valence-electron chi connectivity index (χ1n) is 14.0. The van der Waals surface area contributed by atoms with Gasteiger partial charge >= 0.3 is 0 Å². The normalized spacial score (nSPS) is 11.4. The molecule has 1 heteroatoms. The molecule has 0 aromatic heterocycles. The molecule has 0 aromatic rings. The highest BCUT2D eigenvalue weighted by Gasteiger charge is 1.96. The summed E-state index contributed by atoms with van der Waals surface area (Å²) in [6.45, 7) is 6.58. The minimum Gasteiger partial charge on any atom is -0.381 e. The zero-order valence-corrected chi connectivity index (χ0v) is 20.8. The molecule has 0 aromatic carbocycles. The number of hydrogen-bond donors (Lipinski definition) is 0. The van der Waals surface area contributed by atoms with Crippen molar-refractivity contribution in [2.24, 2.45) is 0 Å². The van der Waals surface area contributed by atoms with Crippen LogP contribution in [0.15, 0.2) is 0 Å². The lowest BCUT2D eigenvalue weighted by Crippen LogP contribution is -1.97. The SMILES string of the molecule is CCCCCCCCCCCCCCCOCCCCCCCCCCCCC. The van der Waals surface area contributed by atoms with Crippen LogP contribution < -0.4 is 0 Å². The summed E-state index contributed by atoms with van der Waals surface area (Å²) in [5.74, 6) is 0. The Bertz CT molecular complexity index is 237. The van der Waals surface area contributed by atoms with Gasteiger partial charge in [0.25, 0.3) is 0 Å².